The van der Waals surface area contributed by atoms with E-state index in [2.05, 4.69) is 4.99 Å². The van der Waals surface area contributed by atoms with Crippen LogP contribution in [0, 0.1) is 0 Å². The van der Waals surface area contributed by atoms with Crippen LogP contribution in [-0.2, 0) is 6.18 Å². The van der Waals surface area contributed by atoms with Crippen LogP contribution in [0.25, 0.3) is 0 Å². The van der Waals surface area contributed by atoms with Crippen molar-refractivity contribution in [2.45, 2.75) is 31.3 Å². The van der Waals surface area contributed by atoms with E-state index in [1.54, 1.807) is 23.9 Å². The SMILES string of the molecule is CC1=N[C@H](C)C(c2ccc(C(F)(F)F)cc2)S1. The predicted molar refractivity (Wildman–Crippen MR) is 64.3 cm³/mol. The lowest BCUT2D eigenvalue weighted by molar-refractivity contribution is -0.137. The average Bonchev–Trinajstić information content (AvgIpc) is 2.57. The molecule has 1 aromatic carbocycles. The van der Waals surface area contributed by atoms with Crippen molar-refractivity contribution in [3.63, 3.8) is 0 Å². The molecule has 0 spiro atoms. The highest BCUT2D eigenvalue weighted by Crippen LogP contribution is 2.40. The third-order valence-electron chi connectivity index (χ3n) is 2.69. The summed E-state index contributed by atoms with van der Waals surface area (Å²) in [5.74, 6) is 0. The number of hydrogen-bond donors (Lipinski definition) is 0. The molecule has 0 amide bonds. The summed E-state index contributed by atoms with van der Waals surface area (Å²) in [5.41, 5.74) is 0.297. The van der Waals surface area contributed by atoms with E-state index in [-0.39, 0.29) is 11.3 Å². The summed E-state index contributed by atoms with van der Waals surface area (Å²) in [5, 5.41) is 1.12. The maximum Gasteiger partial charge on any atom is 0.416 e. The Balaban J connectivity index is 2.20. The average molecular weight is 259 g/mol. The van der Waals surface area contributed by atoms with Crippen molar-refractivity contribution in [1.29, 1.82) is 0 Å². The van der Waals surface area contributed by atoms with Crippen LogP contribution in [-0.4, -0.2) is 11.1 Å². The van der Waals surface area contributed by atoms with Gasteiger partial charge in [0.2, 0.25) is 0 Å². The minimum absolute atomic E-state index is 0.122. The molecule has 1 nitrogen and oxygen atoms in total. The van der Waals surface area contributed by atoms with Crippen LogP contribution in [0.1, 0.15) is 30.2 Å². The Hall–Kier alpha value is -0.970. The predicted octanol–water partition coefficient (Wildman–Crippen LogP) is 4.30. The van der Waals surface area contributed by atoms with Gasteiger partial charge >= 0.3 is 6.18 Å². The summed E-state index contributed by atoms with van der Waals surface area (Å²) < 4.78 is 37.2. The zero-order valence-corrected chi connectivity index (χ0v) is 10.3. The fourth-order valence-electron chi connectivity index (χ4n) is 1.88. The fourth-order valence-corrected chi connectivity index (χ4v) is 3.02. The second-order valence-electron chi connectivity index (χ2n) is 4.05. The molecule has 1 aromatic rings. The quantitative estimate of drug-likeness (QED) is 0.732. The molecule has 2 atom stereocenters. The van der Waals surface area contributed by atoms with E-state index in [1.165, 1.54) is 0 Å². The lowest BCUT2D eigenvalue weighted by Gasteiger charge is -2.14. The van der Waals surface area contributed by atoms with Gasteiger partial charge in [-0.25, -0.2) is 0 Å². The van der Waals surface area contributed by atoms with Crippen molar-refractivity contribution < 1.29 is 13.2 Å². The van der Waals surface area contributed by atoms with E-state index < -0.39 is 11.7 Å². The third-order valence-corrected chi connectivity index (χ3v) is 4.05. The van der Waals surface area contributed by atoms with Gasteiger partial charge in [-0.05, 0) is 31.5 Å². The minimum Gasteiger partial charge on any atom is -0.279 e. The smallest absolute Gasteiger partial charge is 0.279 e. The summed E-state index contributed by atoms with van der Waals surface area (Å²) >= 11 is 1.61. The summed E-state index contributed by atoms with van der Waals surface area (Å²) in [7, 11) is 0. The van der Waals surface area contributed by atoms with Crippen LogP contribution >= 0.6 is 11.8 Å². The topological polar surface area (TPSA) is 12.4 Å². The summed E-state index contributed by atoms with van der Waals surface area (Å²) in [6.07, 6.45) is -4.26. The van der Waals surface area contributed by atoms with E-state index in [0.29, 0.717) is 0 Å². The van der Waals surface area contributed by atoms with Crippen molar-refractivity contribution in [1.82, 2.24) is 0 Å². The van der Waals surface area contributed by atoms with Crippen LogP contribution in [0.3, 0.4) is 0 Å². The Morgan fingerprint density at radius 3 is 2.18 bits per heavy atom. The van der Waals surface area contributed by atoms with Gasteiger partial charge in [0.1, 0.15) is 0 Å². The molecule has 0 N–H and O–H groups in total. The zero-order chi connectivity index (χ0) is 12.6. The normalized spacial score (nSPS) is 24.9. The van der Waals surface area contributed by atoms with Crippen LogP contribution in [0.2, 0.25) is 0 Å². The molecule has 17 heavy (non-hydrogen) atoms. The second kappa shape index (κ2) is 4.37. The second-order valence-corrected chi connectivity index (χ2v) is 5.38. The first kappa shape index (κ1) is 12.5. The molecule has 1 aliphatic heterocycles. The van der Waals surface area contributed by atoms with Crippen molar-refractivity contribution in [2.75, 3.05) is 0 Å². The largest absolute Gasteiger partial charge is 0.416 e. The van der Waals surface area contributed by atoms with E-state index in [0.717, 1.165) is 22.7 Å². The number of alkyl halides is 3. The van der Waals surface area contributed by atoms with E-state index in [1.807, 2.05) is 13.8 Å². The van der Waals surface area contributed by atoms with Gasteiger partial charge in [-0.2, -0.15) is 13.2 Å². The first-order valence-electron chi connectivity index (χ1n) is 5.26. The van der Waals surface area contributed by atoms with Crippen LogP contribution in [0.5, 0.6) is 0 Å². The van der Waals surface area contributed by atoms with Gasteiger partial charge < -0.3 is 0 Å². The summed E-state index contributed by atoms with van der Waals surface area (Å²) in [4.78, 5) is 4.38. The molecule has 1 aliphatic rings. The van der Waals surface area contributed by atoms with E-state index >= 15 is 0 Å². The summed E-state index contributed by atoms with van der Waals surface area (Å²) in [6.45, 7) is 3.90. The van der Waals surface area contributed by atoms with E-state index in [4.69, 9.17) is 0 Å². The molecule has 0 fully saturated rings. The fraction of sp³-hybridized carbons (Fsp3) is 0.417. The molecule has 0 saturated heterocycles. The minimum atomic E-state index is -4.26. The standard InChI is InChI=1S/C12H12F3NS/c1-7-11(17-8(2)16-7)9-3-5-10(6-4-9)12(13,14)15/h3-7,11H,1-2H3/t7-,11?/m1/s1. The molecule has 0 saturated carbocycles. The third kappa shape index (κ3) is 2.65. The number of halogens is 3. The highest BCUT2D eigenvalue weighted by Gasteiger charge is 2.31. The molecule has 2 rings (SSSR count). The molecular weight excluding hydrogens is 247 g/mol. The van der Waals surface area contributed by atoms with Gasteiger partial charge in [0.15, 0.2) is 0 Å². The zero-order valence-electron chi connectivity index (χ0n) is 9.45. The Morgan fingerprint density at radius 2 is 1.76 bits per heavy atom. The van der Waals surface area contributed by atoms with Crippen LogP contribution in [0.15, 0.2) is 29.3 Å². The first-order chi connectivity index (χ1) is 7.88. The number of aliphatic imine (C=N–C) groups is 1. The highest BCUT2D eigenvalue weighted by atomic mass is 32.2. The molecule has 0 aromatic heterocycles. The Morgan fingerprint density at radius 1 is 1.18 bits per heavy atom. The lowest BCUT2D eigenvalue weighted by Crippen LogP contribution is -2.07. The van der Waals surface area contributed by atoms with Crippen molar-refractivity contribution in [3.8, 4) is 0 Å². The number of hydrogen-bond acceptors (Lipinski definition) is 2. The first-order valence-corrected chi connectivity index (χ1v) is 6.14. The number of nitrogens with zero attached hydrogens (tertiary/aromatic N) is 1. The van der Waals surface area contributed by atoms with Gasteiger partial charge in [0.05, 0.1) is 21.9 Å². The molecular formula is C12H12F3NS. The molecule has 0 aliphatic carbocycles. The maximum atomic E-state index is 12.4. The van der Waals surface area contributed by atoms with Crippen LogP contribution in [0.4, 0.5) is 13.2 Å². The highest BCUT2D eigenvalue weighted by molar-refractivity contribution is 8.14. The Bertz CT molecular complexity index is 436. The van der Waals surface area contributed by atoms with Gasteiger partial charge in [-0.15, -0.1) is 11.8 Å². The number of benzene rings is 1. The number of thioether (sulfide) groups is 1. The van der Waals surface area contributed by atoms with Gasteiger partial charge in [-0.3, -0.25) is 4.99 Å². The van der Waals surface area contributed by atoms with Crippen molar-refractivity contribution in [2.24, 2.45) is 4.99 Å². The monoisotopic (exact) mass is 259 g/mol. The molecule has 92 valence electrons. The molecule has 0 bridgehead atoms. The van der Waals surface area contributed by atoms with Crippen molar-refractivity contribution >= 4 is 16.8 Å². The lowest BCUT2D eigenvalue weighted by atomic mass is 10.0. The molecule has 1 heterocycles. The van der Waals surface area contributed by atoms with Crippen molar-refractivity contribution in [3.05, 3.63) is 35.4 Å². The molecule has 5 heteroatoms. The molecule has 0 radical (unpaired) electrons. The van der Waals surface area contributed by atoms with E-state index in [9.17, 15) is 13.2 Å². The summed E-state index contributed by atoms with van der Waals surface area (Å²) in [6, 6.07) is 5.49. The Labute approximate surface area is 102 Å². The van der Waals surface area contributed by atoms with Crippen LogP contribution < -0.4 is 0 Å². The van der Waals surface area contributed by atoms with Gasteiger partial charge in [0.25, 0.3) is 0 Å². The van der Waals surface area contributed by atoms with Gasteiger partial charge in [-0.1, -0.05) is 12.1 Å². The number of rotatable bonds is 1. The Kier molecular flexibility index (Phi) is 3.21. The van der Waals surface area contributed by atoms with Gasteiger partial charge in [0, 0.05) is 0 Å². The maximum absolute atomic E-state index is 12.4. The molecule has 1 unspecified atom stereocenters.